The Morgan fingerprint density at radius 2 is 1.89 bits per heavy atom. The molecule has 1 heterocycles. The van der Waals surface area contributed by atoms with Gasteiger partial charge in [-0.15, -0.1) is 0 Å². The van der Waals surface area contributed by atoms with Gasteiger partial charge in [-0.25, -0.2) is 8.78 Å². The number of methoxy groups -OCH3 is 1. The topological polar surface area (TPSA) is 60.7 Å². The molecule has 0 N–H and O–H groups in total. The number of carbonyl (C=O) groups excluding carboxylic acids is 2. The predicted molar refractivity (Wildman–Crippen MR) is 98.1 cm³/mol. The van der Waals surface area contributed by atoms with Crippen LogP contribution in [0.4, 0.5) is 8.78 Å². The van der Waals surface area contributed by atoms with Crippen molar-refractivity contribution in [2.75, 3.05) is 7.11 Å². The van der Waals surface area contributed by atoms with Crippen LogP contribution in [0.25, 0.3) is 10.2 Å². The van der Waals surface area contributed by atoms with Gasteiger partial charge in [0.05, 0.1) is 22.3 Å². The highest BCUT2D eigenvalue weighted by Gasteiger charge is 2.19. The van der Waals surface area contributed by atoms with Crippen LogP contribution in [-0.2, 0) is 16.1 Å². The fourth-order valence-corrected chi connectivity index (χ4v) is 4.21. The minimum absolute atomic E-state index is 0.0206. The largest absolute Gasteiger partial charge is 0.468 e. The van der Waals surface area contributed by atoms with Crippen molar-refractivity contribution in [1.82, 2.24) is 4.57 Å². The van der Waals surface area contributed by atoms with E-state index in [1.54, 1.807) is 6.07 Å². The Balaban J connectivity index is 2.25. The van der Waals surface area contributed by atoms with E-state index >= 15 is 0 Å². The highest BCUT2D eigenvalue weighted by molar-refractivity contribution is 7.16. The van der Waals surface area contributed by atoms with Crippen LogP contribution >= 0.6 is 34.5 Å². The normalized spacial score (nSPS) is 11.8. The summed E-state index contributed by atoms with van der Waals surface area (Å²) in [7, 11) is 1.20. The standard InChI is InChI=1S/C17H10Cl2F2N2O3S/c1-26-13(24)7-23-15-9(19)5-8(18)6-12(15)27-17(23)22-16(25)14-10(20)3-2-4-11(14)21/h2-6H,7H2,1H3. The fourth-order valence-electron chi connectivity index (χ4n) is 2.40. The Bertz CT molecular complexity index is 1120. The summed E-state index contributed by atoms with van der Waals surface area (Å²) in [5, 5.41) is 0.570. The SMILES string of the molecule is COC(=O)Cn1c(=NC(=O)c2c(F)cccc2F)sc2cc(Cl)cc(Cl)c21. The summed E-state index contributed by atoms with van der Waals surface area (Å²) in [4.78, 5) is 27.9. The maximum Gasteiger partial charge on any atom is 0.325 e. The van der Waals surface area contributed by atoms with Crippen LogP contribution in [0.15, 0.2) is 35.3 Å². The summed E-state index contributed by atoms with van der Waals surface area (Å²) >= 11 is 13.2. The second-order valence-corrected chi connectivity index (χ2v) is 7.15. The Morgan fingerprint density at radius 1 is 1.22 bits per heavy atom. The van der Waals surface area contributed by atoms with E-state index in [2.05, 4.69) is 9.73 Å². The van der Waals surface area contributed by atoms with E-state index in [-0.39, 0.29) is 16.4 Å². The Labute approximate surface area is 165 Å². The van der Waals surface area contributed by atoms with Crippen molar-refractivity contribution in [3.63, 3.8) is 0 Å². The van der Waals surface area contributed by atoms with E-state index in [4.69, 9.17) is 23.2 Å². The Morgan fingerprint density at radius 3 is 2.52 bits per heavy atom. The number of aromatic nitrogens is 1. The van der Waals surface area contributed by atoms with Crippen LogP contribution in [0, 0.1) is 11.6 Å². The molecule has 10 heteroatoms. The molecule has 0 unspecified atom stereocenters. The van der Waals surface area contributed by atoms with Gasteiger partial charge in [-0.1, -0.05) is 40.6 Å². The molecular formula is C17H10Cl2F2N2O3S. The molecule has 0 spiro atoms. The molecule has 2 aromatic carbocycles. The first-order chi connectivity index (χ1) is 12.8. The van der Waals surface area contributed by atoms with Gasteiger partial charge in [0.2, 0.25) is 0 Å². The summed E-state index contributed by atoms with van der Waals surface area (Å²) in [6.45, 7) is -0.302. The van der Waals surface area contributed by atoms with Gasteiger partial charge >= 0.3 is 5.97 Å². The van der Waals surface area contributed by atoms with E-state index in [9.17, 15) is 18.4 Å². The Kier molecular flexibility index (Phi) is 5.59. The summed E-state index contributed by atoms with van der Waals surface area (Å²) in [5.74, 6) is -3.82. The third kappa shape index (κ3) is 3.87. The monoisotopic (exact) mass is 430 g/mol. The van der Waals surface area contributed by atoms with Gasteiger partial charge in [0.15, 0.2) is 4.80 Å². The highest BCUT2D eigenvalue weighted by atomic mass is 35.5. The van der Waals surface area contributed by atoms with Gasteiger partial charge in [0.1, 0.15) is 23.7 Å². The van der Waals surface area contributed by atoms with E-state index in [1.807, 2.05) is 0 Å². The molecule has 0 aliphatic rings. The van der Waals surface area contributed by atoms with Crippen molar-refractivity contribution < 1.29 is 23.1 Å². The highest BCUT2D eigenvalue weighted by Crippen LogP contribution is 2.29. The first-order valence-electron chi connectivity index (χ1n) is 7.40. The number of halogens is 4. The number of carbonyl (C=O) groups is 2. The number of fused-ring (bicyclic) bond motifs is 1. The van der Waals surface area contributed by atoms with Crippen LogP contribution < -0.4 is 4.80 Å². The number of thiazole rings is 1. The average molecular weight is 431 g/mol. The molecule has 0 atom stereocenters. The lowest BCUT2D eigenvalue weighted by Gasteiger charge is -2.05. The average Bonchev–Trinajstić information content (AvgIpc) is 2.91. The smallest absolute Gasteiger partial charge is 0.325 e. The van der Waals surface area contributed by atoms with E-state index < -0.39 is 29.1 Å². The van der Waals surface area contributed by atoms with E-state index in [0.29, 0.717) is 15.2 Å². The number of nitrogens with zero attached hydrogens (tertiary/aromatic N) is 2. The first kappa shape index (κ1) is 19.5. The van der Waals surface area contributed by atoms with Gasteiger partial charge in [-0.2, -0.15) is 4.99 Å². The molecule has 0 bridgehead atoms. The van der Waals surface area contributed by atoms with Gasteiger partial charge in [0, 0.05) is 5.02 Å². The number of hydrogen-bond acceptors (Lipinski definition) is 4. The zero-order valence-corrected chi connectivity index (χ0v) is 16.0. The van der Waals surface area contributed by atoms with Crippen LogP contribution in [-0.4, -0.2) is 23.6 Å². The van der Waals surface area contributed by atoms with Gasteiger partial charge in [-0.05, 0) is 24.3 Å². The summed E-state index contributed by atoms with van der Waals surface area (Å²) in [5.41, 5.74) is -0.388. The van der Waals surface area contributed by atoms with Crippen molar-refractivity contribution in [2.24, 2.45) is 4.99 Å². The lowest BCUT2D eigenvalue weighted by atomic mass is 10.2. The first-order valence-corrected chi connectivity index (χ1v) is 8.97. The molecule has 0 aliphatic heterocycles. The van der Waals surface area contributed by atoms with Crippen molar-refractivity contribution in [2.45, 2.75) is 6.54 Å². The van der Waals surface area contributed by atoms with Crippen LogP contribution in [0.1, 0.15) is 10.4 Å². The van der Waals surface area contributed by atoms with Crippen molar-refractivity contribution in [3.8, 4) is 0 Å². The molecule has 0 aliphatic carbocycles. The molecular weight excluding hydrogens is 421 g/mol. The minimum atomic E-state index is -1.13. The molecule has 0 saturated heterocycles. The molecule has 1 aromatic heterocycles. The number of ether oxygens (including phenoxy) is 1. The molecule has 3 rings (SSSR count). The number of hydrogen-bond donors (Lipinski definition) is 0. The number of benzene rings is 2. The van der Waals surface area contributed by atoms with Crippen LogP contribution in [0.3, 0.4) is 0 Å². The molecule has 5 nitrogen and oxygen atoms in total. The lowest BCUT2D eigenvalue weighted by Crippen LogP contribution is -2.23. The third-order valence-corrected chi connectivity index (χ3v) is 5.12. The number of amides is 1. The van der Waals surface area contributed by atoms with Gasteiger partial charge < -0.3 is 9.30 Å². The minimum Gasteiger partial charge on any atom is -0.468 e. The van der Waals surface area contributed by atoms with Crippen molar-refractivity contribution in [1.29, 1.82) is 0 Å². The van der Waals surface area contributed by atoms with E-state index in [1.165, 1.54) is 17.7 Å². The molecule has 140 valence electrons. The Hall–Kier alpha value is -2.29. The summed E-state index contributed by atoms with van der Waals surface area (Å²) in [6, 6.07) is 6.09. The van der Waals surface area contributed by atoms with Gasteiger partial charge in [-0.3, -0.25) is 9.59 Å². The zero-order valence-electron chi connectivity index (χ0n) is 13.6. The van der Waals surface area contributed by atoms with Gasteiger partial charge in [0.25, 0.3) is 5.91 Å². The molecule has 1 amide bonds. The predicted octanol–water partition coefficient (Wildman–Crippen LogP) is 4.20. The quantitative estimate of drug-likeness (QED) is 0.584. The second kappa shape index (κ2) is 7.75. The fraction of sp³-hybridized carbons (Fsp3) is 0.118. The molecule has 27 heavy (non-hydrogen) atoms. The van der Waals surface area contributed by atoms with Crippen molar-refractivity contribution >= 4 is 56.6 Å². The zero-order chi connectivity index (χ0) is 19.7. The summed E-state index contributed by atoms with van der Waals surface area (Å²) < 4.78 is 34.2. The van der Waals surface area contributed by atoms with Crippen LogP contribution in [0.2, 0.25) is 10.0 Å². The molecule has 3 aromatic rings. The third-order valence-electron chi connectivity index (χ3n) is 3.58. The molecule has 0 fully saturated rings. The number of esters is 1. The maximum atomic E-state index is 13.9. The molecule has 0 saturated carbocycles. The number of rotatable bonds is 3. The van der Waals surface area contributed by atoms with Crippen molar-refractivity contribution in [3.05, 3.63) is 62.4 Å². The van der Waals surface area contributed by atoms with E-state index in [0.717, 1.165) is 29.5 Å². The molecule has 0 radical (unpaired) electrons. The lowest BCUT2D eigenvalue weighted by molar-refractivity contribution is -0.141. The maximum absolute atomic E-state index is 13.9. The van der Waals surface area contributed by atoms with Crippen LogP contribution in [0.5, 0.6) is 0 Å². The second-order valence-electron chi connectivity index (χ2n) is 5.29. The summed E-state index contributed by atoms with van der Waals surface area (Å²) in [6.07, 6.45) is 0.